The molecule has 16 heavy (non-hydrogen) atoms. The second-order valence-electron chi connectivity index (χ2n) is 3.27. The number of hydrogen-bond donors (Lipinski definition) is 2. The normalized spacial score (nSPS) is 11.6. The van der Waals surface area contributed by atoms with Gasteiger partial charge in [-0.1, -0.05) is 6.92 Å². The van der Waals surface area contributed by atoms with Gasteiger partial charge in [0.2, 0.25) is 0 Å². The molecule has 0 aromatic carbocycles. The maximum atomic E-state index is 12.0. The topological polar surface area (TPSA) is 63.8 Å². The van der Waals surface area contributed by atoms with Gasteiger partial charge >= 0.3 is 6.18 Å². The van der Waals surface area contributed by atoms with Gasteiger partial charge in [0.25, 0.3) is 0 Å². The number of nitrogens with two attached hydrogens (primary N) is 1. The first-order valence-electron chi connectivity index (χ1n) is 4.85. The van der Waals surface area contributed by atoms with Gasteiger partial charge in [-0.2, -0.15) is 13.2 Å². The highest BCUT2D eigenvalue weighted by molar-refractivity contribution is 5.34. The fourth-order valence-electron chi connectivity index (χ4n) is 1.17. The van der Waals surface area contributed by atoms with Gasteiger partial charge in [-0.3, -0.25) is 0 Å². The predicted molar refractivity (Wildman–Crippen MR) is 53.6 cm³/mol. The second-order valence-corrected chi connectivity index (χ2v) is 3.27. The van der Waals surface area contributed by atoms with Crippen LogP contribution in [0.5, 0.6) is 0 Å². The third-order valence-corrected chi connectivity index (χ3v) is 1.97. The van der Waals surface area contributed by atoms with Gasteiger partial charge in [0.1, 0.15) is 11.6 Å². The van der Waals surface area contributed by atoms with Crippen LogP contribution in [0.15, 0.2) is 6.07 Å². The molecule has 0 aliphatic carbocycles. The van der Waals surface area contributed by atoms with Crippen LogP contribution in [0.1, 0.15) is 24.9 Å². The van der Waals surface area contributed by atoms with Crippen molar-refractivity contribution in [2.75, 3.05) is 5.43 Å². The van der Waals surface area contributed by atoms with Crippen LogP contribution in [0.4, 0.5) is 19.0 Å². The highest BCUT2D eigenvalue weighted by atomic mass is 19.4. The smallest absolute Gasteiger partial charge is 0.308 e. The maximum absolute atomic E-state index is 12.0. The van der Waals surface area contributed by atoms with Gasteiger partial charge in [0.05, 0.1) is 6.42 Å². The summed E-state index contributed by atoms with van der Waals surface area (Å²) in [6.07, 6.45) is -4.73. The van der Waals surface area contributed by atoms with E-state index in [1.165, 1.54) is 0 Å². The van der Waals surface area contributed by atoms with E-state index in [9.17, 15) is 13.2 Å². The second kappa shape index (κ2) is 5.11. The van der Waals surface area contributed by atoms with Crippen LogP contribution < -0.4 is 11.3 Å². The Balaban J connectivity index is 2.79. The van der Waals surface area contributed by atoms with Gasteiger partial charge in [-0.05, 0) is 6.42 Å². The summed E-state index contributed by atoms with van der Waals surface area (Å²) >= 11 is 0. The van der Waals surface area contributed by atoms with Crippen LogP contribution in [0.3, 0.4) is 0 Å². The Morgan fingerprint density at radius 2 is 2.06 bits per heavy atom. The largest absolute Gasteiger partial charge is 0.389 e. The molecule has 4 nitrogen and oxygen atoms in total. The predicted octanol–water partition coefficient (Wildman–Crippen LogP) is 1.82. The SMILES string of the molecule is CCc1cc(NN)nc(CCC(F)(F)F)n1. The highest BCUT2D eigenvalue weighted by Crippen LogP contribution is 2.21. The number of nitrogen functional groups attached to an aromatic ring is 1. The molecule has 0 atom stereocenters. The van der Waals surface area contributed by atoms with Crippen molar-refractivity contribution < 1.29 is 13.2 Å². The van der Waals surface area contributed by atoms with E-state index in [0.29, 0.717) is 17.9 Å². The van der Waals surface area contributed by atoms with Crippen LogP contribution in [0.25, 0.3) is 0 Å². The zero-order valence-corrected chi connectivity index (χ0v) is 8.80. The van der Waals surface area contributed by atoms with Crippen molar-refractivity contribution in [2.45, 2.75) is 32.4 Å². The molecule has 1 heterocycles. The van der Waals surface area contributed by atoms with Gasteiger partial charge < -0.3 is 5.43 Å². The summed E-state index contributed by atoms with van der Waals surface area (Å²) in [5, 5.41) is 0. The highest BCUT2D eigenvalue weighted by Gasteiger charge is 2.27. The van der Waals surface area contributed by atoms with Gasteiger partial charge in [-0.15, -0.1) is 0 Å². The number of nitrogens with zero attached hydrogens (tertiary/aromatic N) is 2. The molecule has 0 unspecified atom stereocenters. The molecule has 0 amide bonds. The molecule has 0 spiro atoms. The van der Waals surface area contributed by atoms with Crippen LogP contribution in [-0.2, 0) is 12.8 Å². The summed E-state index contributed by atoms with van der Waals surface area (Å²) in [6.45, 7) is 1.86. The Morgan fingerprint density at radius 3 is 2.56 bits per heavy atom. The van der Waals surface area contributed by atoms with Crippen LogP contribution >= 0.6 is 0 Å². The maximum Gasteiger partial charge on any atom is 0.389 e. The zero-order chi connectivity index (χ0) is 12.2. The average Bonchev–Trinajstić information content (AvgIpc) is 2.25. The van der Waals surface area contributed by atoms with Crippen molar-refractivity contribution in [3.63, 3.8) is 0 Å². The summed E-state index contributed by atoms with van der Waals surface area (Å²) in [6, 6.07) is 1.61. The summed E-state index contributed by atoms with van der Waals surface area (Å²) in [5.74, 6) is 5.66. The lowest BCUT2D eigenvalue weighted by atomic mass is 10.2. The van der Waals surface area contributed by atoms with E-state index in [1.807, 2.05) is 6.92 Å². The summed E-state index contributed by atoms with van der Waals surface area (Å²) in [5.41, 5.74) is 2.97. The van der Waals surface area contributed by atoms with Crippen molar-refractivity contribution in [3.8, 4) is 0 Å². The third kappa shape index (κ3) is 4.01. The Morgan fingerprint density at radius 1 is 1.38 bits per heavy atom. The zero-order valence-electron chi connectivity index (χ0n) is 8.80. The molecule has 7 heteroatoms. The van der Waals surface area contributed by atoms with Gasteiger partial charge in [0.15, 0.2) is 0 Å². The molecule has 1 aromatic heterocycles. The van der Waals surface area contributed by atoms with E-state index >= 15 is 0 Å². The number of aryl methyl sites for hydroxylation is 2. The van der Waals surface area contributed by atoms with E-state index in [-0.39, 0.29) is 12.2 Å². The van der Waals surface area contributed by atoms with Crippen LogP contribution in [-0.4, -0.2) is 16.1 Å². The molecule has 0 radical (unpaired) electrons. The fourth-order valence-corrected chi connectivity index (χ4v) is 1.17. The van der Waals surface area contributed by atoms with Gasteiger partial charge in [-0.25, -0.2) is 15.8 Å². The number of aromatic nitrogens is 2. The molecule has 0 saturated carbocycles. The monoisotopic (exact) mass is 234 g/mol. The van der Waals surface area contributed by atoms with E-state index in [1.54, 1.807) is 6.07 Å². The molecule has 0 bridgehead atoms. The van der Waals surface area contributed by atoms with Crippen LogP contribution in [0, 0.1) is 0 Å². The van der Waals surface area contributed by atoms with Crippen molar-refractivity contribution in [1.29, 1.82) is 0 Å². The number of rotatable bonds is 4. The number of halogens is 3. The first-order chi connectivity index (χ1) is 7.44. The Hall–Kier alpha value is -1.37. The minimum absolute atomic E-state index is 0.157. The van der Waals surface area contributed by atoms with Crippen molar-refractivity contribution in [3.05, 3.63) is 17.6 Å². The number of anilines is 1. The molecule has 3 N–H and O–H groups in total. The molecule has 0 aliphatic heterocycles. The van der Waals surface area contributed by atoms with Crippen molar-refractivity contribution in [2.24, 2.45) is 5.84 Å². The number of hydrogen-bond acceptors (Lipinski definition) is 4. The molecule has 0 saturated heterocycles. The van der Waals surface area contributed by atoms with Crippen molar-refractivity contribution in [1.82, 2.24) is 9.97 Å². The number of nitrogens with one attached hydrogen (secondary N) is 1. The van der Waals surface area contributed by atoms with E-state index < -0.39 is 12.6 Å². The summed E-state index contributed by atoms with van der Waals surface area (Å²) < 4.78 is 36.0. The van der Waals surface area contributed by atoms with E-state index in [0.717, 1.165) is 0 Å². The molecule has 0 aliphatic rings. The number of alkyl halides is 3. The average molecular weight is 234 g/mol. The molecule has 1 rings (SSSR count). The first-order valence-corrected chi connectivity index (χ1v) is 4.85. The Kier molecular flexibility index (Phi) is 4.05. The lowest BCUT2D eigenvalue weighted by molar-refractivity contribution is -0.134. The first kappa shape index (κ1) is 12.7. The quantitative estimate of drug-likeness (QED) is 0.616. The third-order valence-electron chi connectivity index (χ3n) is 1.97. The van der Waals surface area contributed by atoms with E-state index in [4.69, 9.17) is 5.84 Å². The lowest BCUT2D eigenvalue weighted by Crippen LogP contribution is -2.14. The van der Waals surface area contributed by atoms with Crippen molar-refractivity contribution >= 4 is 5.82 Å². The fraction of sp³-hybridized carbons (Fsp3) is 0.556. The lowest BCUT2D eigenvalue weighted by Gasteiger charge is -2.08. The summed E-state index contributed by atoms with van der Waals surface area (Å²) in [7, 11) is 0. The molecular formula is C9H13F3N4. The minimum atomic E-state index is -4.19. The minimum Gasteiger partial charge on any atom is -0.308 e. The number of hydrazine groups is 1. The molecular weight excluding hydrogens is 221 g/mol. The Bertz CT molecular complexity index is 329. The molecule has 0 fully saturated rings. The molecule has 1 aromatic rings. The van der Waals surface area contributed by atoms with Gasteiger partial charge in [0, 0.05) is 18.2 Å². The van der Waals surface area contributed by atoms with Crippen LogP contribution in [0.2, 0.25) is 0 Å². The Labute approximate surface area is 91.1 Å². The van der Waals surface area contributed by atoms with E-state index in [2.05, 4.69) is 15.4 Å². The summed E-state index contributed by atoms with van der Waals surface area (Å²) in [4.78, 5) is 7.85. The molecule has 90 valence electrons. The standard InChI is InChI=1S/C9H13F3N4/c1-2-6-5-8(16-13)15-7(14-6)3-4-9(10,11)12/h5H,2-4,13H2,1H3,(H,14,15,16).